The number of nitro groups is 1. The van der Waals surface area contributed by atoms with E-state index in [-0.39, 0.29) is 22.8 Å². The highest BCUT2D eigenvalue weighted by molar-refractivity contribution is 7.14. The molecule has 1 heterocycles. The van der Waals surface area contributed by atoms with E-state index in [2.05, 4.69) is 10.9 Å². The first kappa shape index (κ1) is 23.3. The highest BCUT2D eigenvalue weighted by Gasteiger charge is 2.32. The van der Waals surface area contributed by atoms with E-state index in [0.29, 0.717) is 4.88 Å². The monoisotopic (exact) mass is 463 g/mol. The number of hydrazine groups is 1. The molecule has 0 fully saturated rings. The number of nitrogens with zero attached hydrogens (tertiary/aromatic N) is 1. The third kappa shape index (κ3) is 4.77. The molecule has 0 atom stereocenters. The molecule has 2 N–H and O–H groups in total. The second-order valence-corrected chi connectivity index (χ2v) is 8.32. The third-order valence-electron chi connectivity index (χ3n) is 5.24. The number of nitrogens with one attached hydrogen (secondary N) is 2. The molecular weight excluding hydrogens is 438 g/mol. The van der Waals surface area contributed by atoms with Gasteiger partial charge in [0, 0.05) is 10.9 Å². The fourth-order valence-electron chi connectivity index (χ4n) is 3.69. The number of fused-ring (bicyclic) bond motifs is 1. The molecule has 32 heavy (non-hydrogen) atoms. The van der Waals surface area contributed by atoms with E-state index < -0.39 is 22.4 Å². The van der Waals surface area contributed by atoms with E-state index in [4.69, 9.17) is 14.2 Å². The largest absolute Gasteiger partial charge is 0.493 e. The van der Waals surface area contributed by atoms with Crippen LogP contribution in [0.2, 0.25) is 0 Å². The smallest absolute Gasteiger partial charge is 0.327 e. The molecule has 172 valence electrons. The van der Waals surface area contributed by atoms with E-state index in [1.807, 2.05) is 6.07 Å². The summed E-state index contributed by atoms with van der Waals surface area (Å²) in [5, 5.41) is 11.7. The maximum atomic E-state index is 12.7. The third-order valence-corrected chi connectivity index (χ3v) is 6.48. The zero-order chi connectivity index (χ0) is 23.3. The van der Waals surface area contributed by atoms with Crippen LogP contribution in [-0.2, 0) is 12.8 Å². The van der Waals surface area contributed by atoms with E-state index in [9.17, 15) is 19.7 Å². The van der Waals surface area contributed by atoms with Crippen LogP contribution in [0.1, 0.15) is 56.2 Å². The van der Waals surface area contributed by atoms with Crippen LogP contribution in [0.25, 0.3) is 0 Å². The van der Waals surface area contributed by atoms with Gasteiger partial charge >= 0.3 is 5.69 Å². The van der Waals surface area contributed by atoms with Crippen molar-refractivity contribution < 1.29 is 28.7 Å². The van der Waals surface area contributed by atoms with Crippen molar-refractivity contribution in [1.29, 1.82) is 0 Å². The molecule has 1 aliphatic carbocycles. The Labute approximate surface area is 189 Å². The lowest BCUT2D eigenvalue weighted by molar-refractivity contribution is -0.386. The molecule has 0 unspecified atom stereocenters. The van der Waals surface area contributed by atoms with Gasteiger partial charge in [-0.25, -0.2) is 0 Å². The lowest BCUT2D eigenvalue weighted by Crippen LogP contribution is -2.41. The number of carbonyl (C=O) groups excluding carboxylic acids is 2. The molecule has 1 aliphatic rings. The van der Waals surface area contributed by atoms with E-state index >= 15 is 0 Å². The molecule has 0 saturated heterocycles. The summed E-state index contributed by atoms with van der Waals surface area (Å²) in [7, 11) is 3.85. The zero-order valence-corrected chi connectivity index (χ0v) is 18.9. The molecule has 0 saturated carbocycles. The number of benzene rings is 1. The van der Waals surface area contributed by atoms with Crippen LogP contribution in [0.15, 0.2) is 12.1 Å². The number of hydrogen-bond acceptors (Lipinski definition) is 8. The molecular formula is C21H25N3O7S. The highest BCUT2D eigenvalue weighted by Crippen LogP contribution is 2.46. The minimum atomic E-state index is -0.890. The summed E-state index contributed by atoms with van der Waals surface area (Å²) in [5.74, 6) is -1.57. The van der Waals surface area contributed by atoms with Gasteiger partial charge in [-0.2, -0.15) is 0 Å². The van der Waals surface area contributed by atoms with Crippen molar-refractivity contribution in [2.24, 2.45) is 0 Å². The SMILES string of the molecule is COc1cc(C(=O)NNC(=O)c2cc3c(s2)CCCCCC3)c([N+](=O)[O-])c(OC)c1OC. The minimum Gasteiger partial charge on any atom is -0.493 e. The number of carbonyl (C=O) groups is 2. The number of nitro benzene ring substituents is 1. The Morgan fingerprint density at radius 2 is 1.59 bits per heavy atom. The van der Waals surface area contributed by atoms with Gasteiger partial charge in [0.15, 0.2) is 5.75 Å². The van der Waals surface area contributed by atoms with Crippen LogP contribution in [0.3, 0.4) is 0 Å². The molecule has 2 amide bonds. The summed E-state index contributed by atoms with van der Waals surface area (Å²) < 4.78 is 15.4. The van der Waals surface area contributed by atoms with Crippen molar-refractivity contribution in [2.75, 3.05) is 21.3 Å². The normalized spacial score (nSPS) is 13.2. The van der Waals surface area contributed by atoms with Gasteiger partial charge in [-0.05, 0) is 37.3 Å². The van der Waals surface area contributed by atoms with E-state index in [1.54, 1.807) is 0 Å². The van der Waals surface area contributed by atoms with Crippen LogP contribution < -0.4 is 25.1 Å². The summed E-state index contributed by atoms with van der Waals surface area (Å²) >= 11 is 1.41. The molecule has 1 aromatic carbocycles. The molecule has 11 heteroatoms. The molecule has 10 nitrogen and oxygen atoms in total. The van der Waals surface area contributed by atoms with Crippen molar-refractivity contribution in [1.82, 2.24) is 10.9 Å². The molecule has 0 aliphatic heterocycles. The maximum absolute atomic E-state index is 12.7. The highest BCUT2D eigenvalue weighted by atomic mass is 32.1. The number of hydrogen-bond donors (Lipinski definition) is 2. The second-order valence-electron chi connectivity index (χ2n) is 7.18. The molecule has 0 spiro atoms. The summed E-state index contributed by atoms with van der Waals surface area (Å²) in [4.78, 5) is 38.0. The quantitative estimate of drug-likeness (QED) is 0.496. The van der Waals surface area contributed by atoms with Gasteiger partial charge in [-0.3, -0.25) is 30.6 Å². The topological polar surface area (TPSA) is 129 Å². The first-order valence-electron chi connectivity index (χ1n) is 10.1. The zero-order valence-electron chi connectivity index (χ0n) is 18.1. The Hall–Kier alpha value is -3.34. The molecule has 3 rings (SSSR count). The summed E-state index contributed by atoms with van der Waals surface area (Å²) in [6.45, 7) is 0. The van der Waals surface area contributed by atoms with Crippen molar-refractivity contribution >= 4 is 28.8 Å². The molecule has 1 aromatic heterocycles. The number of rotatable bonds is 6. The van der Waals surface area contributed by atoms with Gasteiger partial charge in [-0.1, -0.05) is 12.8 Å². The number of ether oxygens (including phenoxy) is 3. The molecule has 0 radical (unpaired) electrons. The Morgan fingerprint density at radius 3 is 2.22 bits per heavy atom. The van der Waals surface area contributed by atoms with Gasteiger partial charge in [-0.15, -0.1) is 11.3 Å². The Bertz CT molecular complexity index is 1010. The standard InChI is InChI=1S/C21H25N3O7S/c1-29-14-11-13(17(24(27)28)19(31-3)18(14)30-2)20(25)22-23-21(26)16-10-12-8-6-4-5-7-9-15(12)32-16/h10-11H,4-9H2,1-3H3,(H,22,25)(H,23,26). The summed E-state index contributed by atoms with van der Waals surface area (Å²) in [5.41, 5.74) is 4.82. The van der Waals surface area contributed by atoms with Crippen LogP contribution >= 0.6 is 11.3 Å². The predicted molar refractivity (Wildman–Crippen MR) is 118 cm³/mol. The van der Waals surface area contributed by atoms with E-state index in [1.165, 1.54) is 55.9 Å². The fourth-order valence-corrected chi connectivity index (χ4v) is 4.84. The number of amides is 2. The summed E-state index contributed by atoms with van der Waals surface area (Å²) in [6, 6.07) is 3.02. The van der Waals surface area contributed by atoms with Crippen LogP contribution in [0.5, 0.6) is 17.2 Å². The van der Waals surface area contributed by atoms with Crippen molar-refractivity contribution in [3.63, 3.8) is 0 Å². The molecule has 2 aromatic rings. The van der Waals surface area contributed by atoms with Crippen molar-refractivity contribution in [3.05, 3.63) is 43.1 Å². The lowest BCUT2D eigenvalue weighted by atomic mass is 10.00. The van der Waals surface area contributed by atoms with Crippen LogP contribution in [0, 0.1) is 10.1 Å². The van der Waals surface area contributed by atoms with Gasteiger partial charge in [0.05, 0.1) is 31.1 Å². The average molecular weight is 464 g/mol. The molecule has 0 bridgehead atoms. The Morgan fingerprint density at radius 1 is 0.938 bits per heavy atom. The lowest BCUT2D eigenvalue weighted by Gasteiger charge is -2.15. The predicted octanol–water partition coefficient (Wildman–Crippen LogP) is 3.42. The number of thiophene rings is 1. The first-order valence-corrected chi connectivity index (χ1v) is 10.9. The average Bonchev–Trinajstić information content (AvgIpc) is 3.17. The summed E-state index contributed by atoms with van der Waals surface area (Å²) in [6.07, 6.45) is 6.42. The van der Waals surface area contributed by atoms with Gasteiger partial charge in [0.1, 0.15) is 5.56 Å². The number of aryl methyl sites for hydroxylation is 2. The van der Waals surface area contributed by atoms with Crippen molar-refractivity contribution in [3.8, 4) is 17.2 Å². The van der Waals surface area contributed by atoms with Gasteiger partial charge in [0.2, 0.25) is 11.5 Å². The minimum absolute atomic E-state index is 0.0155. The maximum Gasteiger partial charge on any atom is 0.327 e. The fraction of sp³-hybridized carbons (Fsp3) is 0.429. The number of methoxy groups -OCH3 is 3. The van der Waals surface area contributed by atoms with E-state index in [0.717, 1.165) is 31.7 Å². The van der Waals surface area contributed by atoms with Gasteiger partial charge in [0.25, 0.3) is 11.8 Å². The Kier molecular flexibility index (Phi) is 7.52. The first-order chi connectivity index (χ1) is 15.4. The van der Waals surface area contributed by atoms with Crippen LogP contribution in [-0.4, -0.2) is 38.1 Å². The van der Waals surface area contributed by atoms with Crippen LogP contribution in [0.4, 0.5) is 5.69 Å². The Balaban J connectivity index is 1.82. The van der Waals surface area contributed by atoms with Crippen molar-refractivity contribution in [2.45, 2.75) is 38.5 Å². The van der Waals surface area contributed by atoms with Gasteiger partial charge < -0.3 is 14.2 Å². The second kappa shape index (κ2) is 10.3.